The summed E-state index contributed by atoms with van der Waals surface area (Å²) >= 11 is 0. The van der Waals surface area contributed by atoms with Crippen molar-refractivity contribution in [2.24, 2.45) is 10.8 Å². The molecule has 0 aromatic rings. The number of unbranched alkanes of at least 4 members (excludes halogenated alkanes) is 5. The third-order valence-electron chi connectivity index (χ3n) is 8.22. The van der Waals surface area contributed by atoms with Crippen molar-refractivity contribution in [2.75, 3.05) is 26.4 Å². The van der Waals surface area contributed by atoms with Crippen LogP contribution in [0.2, 0.25) is 0 Å². The van der Waals surface area contributed by atoms with Crippen molar-refractivity contribution >= 4 is 7.82 Å². The molecule has 0 aliphatic rings. The molecule has 0 aliphatic carbocycles. The molecule has 3 N–H and O–H groups in total. The van der Waals surface area contributed by atoms with Crippen molar-refractivity contribution < 1.29 is 28.7 Å². The zero-order chi connectivity index (χ0) is 25.8. The number of phosphoric ester groups is 1. The Balaban J connectivity index is 3.99. The molecule has 0 atom stereocenters. The van der Waals surface area contributed by atoms with Crippen LogP contribution >= 0.6 is 7.82 Å². The predicted molar refractivity (Wildman–Crippen MR) is 142 cm³/mol. The third kappa shape index (κ3) is 16.7. The van der Waals surface area contributed by atoms with Gasteiger partial charge >= 0.3 is 7.82 Å². The lowest BCUT2D eigenvalue weighted by Gasteiger charge is -2.32. The number of aliphatic hydroxyl groups excluding tert-OH is 1. The second-order valence-electron chi connectivity index (χ2n) is 10.3. The molecule has 7 heteroatoms. The molecule has 0 bridgehead atoms. The first-order chi connectivity index (χ1) is 16.2. The van der Waals surface area contributed by atoms with Gasteiger partial charge in [0.15, 0.2) is 0 Å². The molecule has 0 aromatic carbocycles. The average Bonchev–Trinajstić information content (AvgIpc) is 2.82. The summed E-state index contributed by atoms with van der Waals surface area (Å²) in [7, 11) is -4.34. The predicted octanol–water partition coefficient (Wildman–Crippen LogP) is 7.79. The van der Waals surface area contributed by atoms with E-state index in [4.69, 9.17) is 19.6 Å². The molecule has 0 saturated carbocycles. The highest BCUT2D eigenvalue weighted by Crippen LogP contribution is 2.40. The Morgan fingerprint density at radius 2 is 0.971 bits per heavy atom. The minimum Gasteiger partial charge on any atom is -0.396 e. The summed E-state index contributed by atoms with van der Waals surface area (Å²) < 4.78 is 21.3. The monoisotopic (exact) mass is 508 g/mol. The molecule has 34 heavy (non-hydrogen) atoms. The van der Waals surface area contributed by atoms with Crippen LogP contribution in [0.25, 0.3) is 0 Å². The maximum absolute atomic E-state index is 10.8. The first kappa shape index (κ1) is 34.0. The minimum atomic E-state index is -4.34. The maximum Gasteiger partial charge on any atom is 0.469 e. The number of phosphoric acid groups is 1. The topological polar surface area (TPSA) is 96.2 Å². The van der Waals surface area contributed by atoms with Crippen LogP contribution in [0.3, 0.4) is 0 Å². The van der Waals surface area contributed by atoms with Gasteiger partial charge in [-0.3, -0.25) is 4.52 Å². The van der Waals surface area contributed by atoms with Gasteiger partial charge in [-0.2, -0.15) is 0 Å². The van der Waals surface area contributed by atoms with Gasteiger partial charge in [0.2, 0.25) is 0 Å². The molecule has 6 nitrogen and oxygen atoms in total. The number of ether oxygens (including phenoxy) is 1. The summed E-state index contributed by atoms with van der Waals surface area (Å²) in [5, 5.41) is 8.99. The number of hydrogen-bond acceptors (Lipinski definition) is 4. The Morgan fingerprint density at radius 3 is 1.32 bits per heavy atom. The zero-order valence-corrected chi connectivity index (χ0v) is 23.8. The van der Waals surface area contributed by atoms with Gasteiger partial charge < -0.3 is 19.6 Å². The Hall–Kier alpha value is 0.0300. The minimum absolute atomic E-state index is 0.128. The third-order valence-corrected chi connectivity index (χ3v) is 8.74. The lowest BCUT2D eigenvalue weighted by molar-refractivity contribution is 0.113. The van der Waals surface area contributed by atoms with E-state index in [-0.39, 0.29) is 6.61 Å². The van der Waals surface area contributed by atoms with Crippen molar-refractivity contribution in [3.63, 3.8) is 0 Å². The molecule has 0 spiro atoms. The van der Waals surface area contributed by atoms with Gasteiger partial charge in [-0.15, -0.1) is 0 Å². The molecule has 0 unspecified atom stereocenters. The van der Waals surface area contributed by atoms with E-state index in [0.717, 1.165) is 64.6 Å². The fourth-order valence-electron chi connectivity index (χ4n) is 5.25. The van der Waals surface area contributed by atoms with Crippen molar-refractivity contribution in [2.45, 2.75) is 137 Å². The Morgan fingerprint density at radius 1 is 0.588 bits per heavy atom. The fourth-order valence-corrected chi connectivity index (χ4v) is 5.62. The van der Waals surface area contributed by atoms with Gasteiger partial charge in [-0.1, -0.05) is 85.5 Å². The van der Waals surface area contributed by atoms with Crippen LogP contribution in [0, 0.1) is 10.8 Å². The van der Waals surface area contributed by atoms with Gasteiger partial charge in [0.05, 0.1) is 6.61 Å². The molecule has 0 radical (unpaired) electrons. The van der Waals surface area contributed by atoms with Crippen molar-refractivity contribution in [3.8, 4) is 0 Å². The van der Waals surface area contributed by atoms with E-state index in [2.05, 4.69) is 32.2 Å². The summed E-state index contributed by atoms with van der Waals surface area (Å²) in [6.07, 6.45) is 19.2. The number of hydrogen-bond donors (Lipinski definition) is 3. The molecular weight excluding hydrogens is 451 g/mol. The quantitative estimate of drug-likeness (QED) is 0.0860. The summed E-state index contributed by atoms with van der Waals surface area (Å²) in [5.41, 5.74) is 0.796. The second kappa shape index (κ2) is 20.1. The molecule has 0 saturated heterocycles. The number of aliphatic hydroxyl groups is 1. The summed E-state index contributed by atoms with van der Waals surface area (Å²) in [4.78, 5) is 17.6. The molecule has 0 heterocycles. The molecule has 0 aromatic heterocycles. The smallest absolute Gasteiger partial charge is 0.396 e. The molecule has 0 fully saturated rings. The maximum atomic E-state index is 10.8. The van der Waals surface area contributed by atoms with Crippen LogP contribution in [0.4, 0.5) is 0 Å². The van der Waals surface area contributed by atoms with E-state index in [1.165, 1.54) is 51.4 Å². The fraction of sp³-hybridized carbons (Fsp3) is 1.00. The standard InChI is InChI=1S/C27H57O6P/c1-5-26(6-2,18-10-9-14-22-28)19-11-15-23-32-24-16-12-20-27(7-3,8-4)21-13-17-25-33-34(29,30)31/h28H,5-25H2,1-4H3,(H2,29,30,31). The van der Waals surface area contributed by atoms with Gasteiger partial charge in [-0.25, -0.2) is 4.57 Å². The van der Waals surface area contributed by atoms with Crippen LogP contribution in [0.15, 0.2) is 0 Å². The van der Waals surface area contributed by atoms with Crippen LogP contribution in [-0.4, -0.2) is 41.3 Å². The largest absolute Gasteiger partial charge is 0.469 e. The average molecular weight is 509 g/mol. The highest BCUT2D eigenvalue weighted by Gasteiger charge is 2.26. The van der Waals surface area contributed by atoms with E-state index in [1.807, 2.05) is 0 Å². The second-order valence-corrected chi connectivity index (χ2v) is 11.5. The van der Waals surface area contributed by atoms with E-state index >= 15 is 0 Å². The van der Waals surface area contributed by atoms with Crippen LogP contribution < -0.4 is 0 Å². The lowest BCUT2D eigenvalue weighted by Crippen LogP contribution is -2.19. The van der Waals surface area contributed by atoms with Crippen molar-refractivity contribution in [1.29, 1.82) is 0 Å². The Bertz CT molecular complexity index is 499. The van der Waals surface area contributed by atoms with Gasteiger partial charge in [0, 0.05) is 19.8 Å². The highest BCUT2D eigenvalue weighted by molar-refractivity contribution is 7.46. The van der Waals surface area contributed by atoms with Crippen LogP contribution in [0.1, 0.15) is 137 Å². The first-order valence-corrected chi connectivity index (χ1v) is 15.6. The highest BCUT2D eigenvalue weighted by atomic mass is 31.2. The summed E-state index contributed by atoms with van der Waals surface area (Å²) in [6.45, 7) is 11.3. The van der Waals surface area contributed by atoms with Crippen LogP contribution in [0.5, 0.6) is 0 Å². The molecule has 0 aliphatic heterocycles. The van der Waals surface area contributed by atoms with Crippen molar-refractivity contribution in [1.82, 2.24) is 0 Å². The van der Waals surface area contributed by atoms with E-state index in [9.17, 15) is 4.57 Å². The first-order valence-electron chi connectivity index (χ1n) is 14.1. The molecular formula is C27H57O6P. The SMILES string of the molecule is CCC(CC)(CCCCCO)CCCCOCCCCC(CC)(CC)CCCCOP(=O)(O)O. The zero-order valence-electron chi connectivity index (χ0n) is 22.9. The van der Waals surface area contributed by atoms with Gasteiger partial charge in [-0.05, 0) is 62.2 Å². The lowest BCUT2D eigenvalue weighted by atomic mass is 9.74. The number of rotatable bonds is 25. The van der Waals surface area contributed by atoms with Gasteiger partial charge in [0.1, 0.15) is 0 Å². The van der Waals surface area contributed by atoms with E-state index < -0.39 is 7.82 Å². The molecule has 206 valence electrons. The van der Waals surface area contributed by atoms with Gasteiger partial charge in [0.25, 0.3) is 0 Å². The van der Waals surface area contributed by atoms with E-state index in [1.54, 1.807) is 0 Å². The molecule has 0 amide bonds. The summed E-state index contributed by atoms with van der Waals surface area (Å²) in [5.74, 6) is 0. The Labute approximate surface area is 210 Å². The molecule has 0 rings (SSSR count). The Kier molecular flexibility index (Phi) is 20.1. The van der Waals surface area contributed by atoms with Crippen LogP contribution in [-0.2, 0) is 13.8 Å². The normalized spacial score (nSPS) is 13.0. The summed E-state index contributed by atoms with van der Waals surface area (Å²) in [6, 6.07) is 0. The van der Waals surface area contributed by atoms with Crippen molar-refractivity contribution in [3.05, 3.63) is 0 Å². The van der Waals surface area contributed by atoms with E-state index in [0.29, 0.717) is 23.9 Å².